The monoisotopic (exact) mass is 132 g/mol. The Kier molecular flexibility index (Phi) is 4.53. The van der Waals surface area contributed by atoms with Crippen molar-refractivity contribution in [2.45, 2.75) is 0 Å². The Labute approximate surface area is 52.4 Å². The normalized spacial score (nSPS) is 9.89. The predicted octanol–water partition coefficient (Wildman–Crippen LogP) is 0.230. The minimum Gasteiger partial charge on any atom is -0.450 e. The van der Waals surface area contributed by atoms with Crippen LogP contribution in [0.5, 0.6) is 0 Å². The van der Waals surface area contributed by atoms with E-state index in [1.165, 1.54) is 12.2 Å². The van der Waals surface area contributed by atoms with Crippen LogP contribution in [0, 0.1) is 0 Å². The van der Waals surface area contributed by atoms with Crippen molar-refractivity contribution in [2.24, 2.45) is 0 Å². The predicted molar refractivity (Wildman–Crippen MR) is 30.2 cm³/mol. The first-order chi connectivity index (χ1) is 4.27. The van der Waals surface area contributed by atoms with Crippen molar-refractivity contribution >= 4 is 6.16 Å². The van der Waals surface area contributed by atoms with Gasteiger partial charge in [-0.2, -0.15) is 0 Å². The quantitative estimate of drug-likeness (QED) is 0.426. The maximum Gasteiger partial charge on any atom is 0.506 e. The van der Waals surface area contributed by atoms with Crippen LogP contribution in [0.15, 0.2) is 12.2 Å². The van der Waals surface area contributed by atoms with Crippen LogP contribution < -0.4 is 0 Å². The molecule has 0 fully saturated rings. The first kappa shape index (κ1) is 7.97. The molecule has 0 heterocycles. The number of hydrogen-bond acceptors (Lipinski definition) is 3. The molecular formula is C5H8O4. The lowest BCUT2D eigenvalue weighted by Crippen LogP contribution is -1.98. The maximum atomic E-state index is 9.64. The van der Waals surface area contributed by atoms with Gasteiger partial charge in [-0.25, -0.2) is 4.79 Å². The van der Waals surface area contributed by atoms with Crippen molar-refractivity contribution in [2.75, 3.05) is 13.2 Å². The highest BCUT2D eigenvalue weighted by Crippen LogP contribution is 1.77. The molecule has 0 amide bonds. The molecule has 0 bridgehead atoms. The van der Waals surface area contributed by atoms with E-state index in [4.69, 9.17) is 10.2 Å². The fourth-order valence-corrected chi connectivity index (χ4v) is 0.262. The molecule has 0 unspecified atom stereocenters. The molecule has 4 nitrogen and oxygen atoms in total. The van der Waals surface area contributed by atoms with Gasteiger partial charge in [-0.1, -0.05) is 6.08 Å². The first-order valence-corrected chi connectivity index (χ1v) is 2.39. The second-order valence-electron chi connectivity index (χ2n) is 1.23. The number of carboxylic acid groups (broad SMARTS) is 1. The summed E-state index contributed by atoms with van der Waals surface area (Å²) in [6.45, 7) is -0.0983. The van der Waals surface area contributed by atoms with Crippen molar-refractivity contribution < 1.29 is 19.7 Å². The Morgan fingerprint density at radius 3 is 2.67 bits per heavy atom. The van der Waals surface area contributed by atoms with E-state index in [9.17, 15) is 4.79 Å². The standard InChI is InChI=1S/C5H8O4/c6-3-1-2-4-9-5(7)8/h1-2,6H,3-4H2,(H,7,8). The van der Waals surface area contributed by atoms with Crippen LogP contribution in [0.3, 0.4) is 0 Å². The average Bonchev–Trinajstić information content (AvgIpc) is 1.80. The zero-order chi connectivity index (χ0) is 7.11. The molecule has 0 saturated heterocycles. The van der Waals surface area contributed by atoms with Crippen LogP contribution in [-0.4, -0.2) is 29.6 Å². The van der Waals surface area contributed by atoms with Gasteiger partial charge in [0.2, 0.25) is 0 Å². The molecule has 4 heteroatoms. The first-order valence-electron chi connectivity index (χ1n) is 2.39. The maximum absolute atomic E-state index is 9.64. The zero-order valence-corrected chi connectivity index (χ0v) is 4.78. The molecule has 0 spiro atoms. The fraction of sp³-hybridized carbons (Fsp3) is 0.400. The van der Waals surface area contributed by atoms with E-state index in [0.29, 0.717) is 0 Å². The lowest BCUT2D eigenvalue weighted by molar-refractivity contribution is 0.102. The van der Waals surface area contributed by atoms with E-state index >= 15 is 0 Å². The summed E-state index contributed by atoms with van der Waals surface area (Å²) < 4.78 is 4.06. The van der Waals surface area contributed by atoms with E-state index in [2.05, 4.69) is 4.74 Å². The molecule has 0 aromatic heterocycles. The molecule has 0 atom stereocenters. The highest BCUT2D eigenvalue weighted by atomic mass is 16.7. The lowest BCUT2D eigenvalue weighted by Gasteiger charge is -1.90. The van der Waals surface area contributed by atoms with Crippen LogP contribution in [0.2, 0.25) is 0 Å². The third kappa shape index (κ3) is 6.97. The SMILES string of the molecule is O=C(O)OCC=CCO. The molecule has 0 saturated carbocycles. The number of hydrogen-bond donors (Lipinski definition) is 2. The summed E-state index contributed by atoms with van der Waals surface area (Å²) in [5.74, 6) is 0. The molecule has 9 heavy (non-hydrogen) atoms. The molecule has 0 aromatic rings. The number of rotatable bonds is 3. The summed E-state index contributed by atoms with van der Waals surface area (Å²) in [5.41, 5.74) is 0. The van der Waals surface area contributed by atoms with E-state index < -0.39 is 6.16 Å². The molecule has 0 aliphatic heterocycles. The van der Waals surface area contributed by atoms with Gasteiger partial charge in [-0.05, 0) is 6.08 Å². The molecule has 2 N–H and O–H groups in total. The molecule has 0 rings (SSSR count). The highest BCUT2D eigenvalue weighted by molar-refractivity contribution is 5.56. The zero-order valence-electron chi connectivity index (χ0n) is 4.78. The molecule has 0 aromatic carbocycles. The molecule has 0 aliphatic carbocycles. The van der Waals surface area contributed by atoms with Gasteiger partial charge in [0.05, 0.1) is 6.61 Å². The minimum atomic E-state index is -1.31. The van der Waals surface area contributed by atoms with E-state index in [-0.39, 0.29) is 13.2 Å². The van der Waals surface area contributed by atoms with Gasteiger partial charge >= 0.3 is 6.16 Å². The second-order valence-corrected chi connectivity index (χ2v) is 1.23. The molecule has 52 valence electrons. The van der Waals surface area contributed by atoms with Crippen LogP contribution in [0.1, 0.15) is 0 Å². The van der Waals surface area contributed by atoms with E-state index in [1.807, 2.05) is 0 Å². The van der Waals surface area contributed by atoms with Gasteiger partial charge < -0.3 is 14.9 Å². The largest absolute Gasteiger partial charge is 0.506 e. The van der Waals surface area contributed by atoms with Gasteiger partial charge in [0.15, 0.2) is 0 Å². The Balaban J connectivity index is 3.09. The van der Waals surface area contributed by atoms with Crippen LogP contribution in [-0.2, 0) is 4.74 Å². The Hall–Kier alpha value is -1.03. The van der Waals surface area contributed by atoms with Gasteiger partial charge in [0.25, 0.3) is 0 Å². The van der Waals surface area contributed by atoms with Crippen LogP contribution in [0.4, 0.5) is 4.79 Å². The summed E-state index contributed by atoms with van der Waals surface area (Å²) in [6.07, 6.45) is 1.52. The summed E-state index contributed by atoms with van der Waals surface area (Å²) in [6, 6.07) is 0. The number of aliphatic hydroxyl groups excluding tert-OH is 1. The van der Waals surface area contributed by atoms with E-state index in [0.717, 1.165) is 0 Å². The lowest BCUT2D eigenvalue weighted by atomic mass is 10.5. The van der Waals surface area contributed by atoms with Crippen molar-refractivity contribution in [3.8, 4) is 0 Å². The number of ether oxygens (including phenoxy) is 1. The topological polar surface area (TPSA) is 66.8 Å². The van der Waals surface area contributed by atoms with Crippen molar-refractivity contribution in [1.29, 1.82) is 0 Å². The van der Waals surface area contributed by atoms with Gasteiger partial charge in [0, 0.05) is 0 Å². The van der Waals surface area contributed by atoms with Crippen molar-refractivity contribution in [3.63, 3.8) is 0 Å². The van der Waals surface area contributed by atoms with Crippen LogP contribution >= 0.6 is 0 Å². The Morgan fingerprint density at radius 1 is 1.56 bits per heavy atom. The number of carbonyl (C=O) groups is 1. The average molecular weight is 132 g/mol. The summed E-state index contributed by atoms with van der Waals surface area (Å²) in [4.78, 5) is 9.64. The number of aliphatic hydroxyl groups is 1. The third-order valence-electron chi connectivity index (χ3n) is 0.575. The smallest absolute Gasteiger partial charge is 0.450 e. The van der Waals surface area contributed by atoms with Crippen molar-refractivity contribution in [1.82, 2.24) is 0 Å². The second kappa shape index (κ2) is 5.11. The highest BCUT2D eigenvalue weighted by Gasteiger charge is 1.89. The molecule has 0 radical (unpaired) electrons. The minimum absolute atomic E-state index is 0.00407. The van der Waals surface area contributed by atoms with Crippen LogP contribution in [0.25, 0.3) is 0 Å². The summed E-state index contributed by atoms with van der Waals surface area (Å²) in [7, 11) is 0. The molecular weight excluding hydrogens is 124 g/mol. The van der Waals surface area contributed by atoms with Gasteiger partial charge in [-0.3, -0.25) is 0 Å². The molecule has 0 aliphatic rings. The van der Waals surface area contributed by atoms with Gasteiger partial charge in [0.1, 0.15) is 6.61 Å². The Morgan fingerprint density at radius 2 is 2.22 bits per heavy atom. The fourth-order valence-electron chi connectivity index (χ4n) is 0.262. The summed E-state index contributed by atoms with van der Waals surface area (Å²) in [5, 5.41) is 16.0. The third-order valence-corrected chi connectivity index (χ3v) is 0.575. The van der Waals surface area contributed by atoms with Gasteiger partial charge in [-0.15, -0.1) is 0 Å². The Bertz CT molecular complexity index is 108. The van der Waals surface area contributed by atoms with Crippen molar-refractivity contribution in [3.05, 3.63) is 12.2 Å². The summed E-state index contributed by atoms with van der Waals surface area (Å²) >= 11 is 0. The van der Waals surface area contributed by atoms with E-state index in [1.54, 1.807) is 0 Å².